The van der Waals surface area contributed by atoms with E-state index < -0.39 is 5.50 Å². The average Bonchev–Trinajstić information content (AvgIpc) is 2.39. The molecule has 1 aromatic carbocycles. The van der Waals surface area contributed by atoms with Gasteiger partial charge in [0.25, 0.3) is 0 Å². The molecule has 0 aliphatic carbocycles. The second kappa shape index (κ2) is 5.71. The number of rotatable bonds is 3. The Bertz CT molecular complexity index is 375. The lowest BCUT2D eigenvalue weighted by atomic mass is 10.2. The van der Waals surface area contributed by atoms with Crippen LogP contribution in [0.1, 0.15) is 0 Å². The first-order valence-corrected chi connectivity index (χ1v) is 6.36. The number of nitrogens with zero attached hydrogens (tertiary/aromatic N) is 2. The number of halogens is 2. The van der Waals surface area contributed by atoms with Gasteiger partial charge in [-0.2, -0.15) is 0 Å². The van der Waals surface area contributed by atoms with Gasteiger partial charge in [0, 0.05) is 36.9 Å². The van der Waals surface area contributed by atoms with Gasteiger partial charge in [0.15, 0.2) is 6.29 Å². The fourth-order valence-corrected chi connectivity index (χ4v) is 2.29. The average molecular weight is 273 g/mol. The summed E-state index contributed by atoms with van der Waals surface area (Å²) in [4.78, 5) is 14.8. The molecular formula is C12H14Cl2N2O. The molecule has 1 aliphatic rings. The molecule has 1 aromatic rings. The number of carbonyl (C=O) groups excluding carboxylic acids is 1. The largest absolute Gasteiger partial charge is 0.369 e. The quantitative estimate of drug-likeness (QED) is 0.479. The summed E-state index contributed by atoms with van der Waals surface area (Å²) in [5.74, 6) is 0. The van der Waals surface area contributed by atoms with Crippen LogP contribution in [0.4, 0.5) is 5.69 Å². The van der Waals surface area contributed by atoms with Gasteiger partial charge in [-0.25, -0.2) is 0 Å². The molecule has 1 aliphatic heterocycles. The molecule has 3 nitrogen and oxygen atoms in total. The van der Waals surface area contributed by atoms with Crippen LogP contribution < -0.4 is 4.90 Å². The molecule has 5 heteroatoms. The van der Waals surface area contributed by atoms with Crippen molar-refractivity contribution in [3.63, 3.8) is 0 Å². The monoisotopic (exact) mass is 272 g/mol. The number of piperazine rings is 1. The van der Waals surface area contributed by atoms with E-state index in [0.29, 0.717) is 0 Å². The van der Waals surface area contributed by atoms with Crippen molar-refractivity contribution < 1.29 is 4.79 Å². The Hall–Kier alpha value is -0.770. The van der Waals surface area contributed by atoms with E-state index in [1.54, 1.807) is 0 Å². The maximum absolute atomic E-state index is 10.6. The summed E-state index contributed by atoms with van der Waals surface area (Å²) >= 11 is 11.7. The third kappa shape index (κ3) is 3.12. The van der Waals surface area contributed by atoms with E-state index >= 15 is 0 Å². The Labute approximate surface area is 111 Å². The standard InChI is InChI=1S/C12H14Cl2N2O/c13-10-1-3-11(4-2-10)15-5-7-16(8-6-15)12(14)9-17/h1-4,9,12H,5-8H2. The van der Waals surface area contributed by atoms with Crippen LogP contribution in [-0.2, 0) is 4.79 Å². The van der Waals surface area contributed by atoms with Crippen molar-refractivity contribution in [2.45, 2.75) is 5.50 Å². The van der Waals surface area contributed by atoms with Crippen LogP contribution >= 0.6 is 23.2 Å². The van der Waals surface area contributed by atoms with Crippen LogP contribution in [0.15, 0.2) is 24.3 Å². The molecule has 1 atom stereocenters. The maximum atomic E-state index is 10.6. The second-order valence-electron chi connectivity index (χ2n) is 4.01. The van der Waals surface area contributed by atoms with Crippen molar-refractivity contribution in [1.29, 1.82) is 0 Å². The molecule has 1 unspecified atom stereocenters. The predicted molar refractivity (Wildman–Crippen MR) is 70.9 cm³/mol. The molecular weight excluding hydrogens is 259 g/mol. The Morgan fingerprint density at radius 3 is 2.24 bits per heavy atom. The van der Waals surface area contributed by atoms with Gasteiger partial charge in [0.1, 0.15) is 5.50 Å². The summed E-state index contributed by atoms with van der Waals surface area (Å²) in [6.45, 7) is 3.35. The summed E-state index contributed by atoms with van der Waals surface area (Å²) in [6, 6.07) is 7.80. The van der Waals surface area contributed by atoms with Crippen LogP contribution in [0.2, 0.25) is 5.02 Å². The minimum absolute atomic E-state index is 0.498. The minimum atomic E-state index is -0.498. The van der Waals surface area contributed by atoms with Crippen LogP contribution in [0.3, 0.4) is 0 Å². The molecule has 0 amide bonds. The first kappa shape index (κ1) is 12.7. The molecule has 0 spiro atoms. The van der Waals surface area contributed by atoms with Crippen LogP contribution in [0, 0.1) is 0 Å². The number of hydrogen-bond acceptors (Lipinski definition) is 3. The van der Waals surface area contributed by atoms with E-state index in [0.717, 1.165) is 43.2 Å². The fourth-order valence-electron chi connectivity index (χ4n) is 1.96. The van der Waals surface area contributed by atoms with E-state index in [1.807, 2.05) is 29.2 Å². The Balaban J connectivity index is 1.95. The lowest BCUT2D eigenvalue weighted by Gasteiger charge is -2.36. The molecule has 2 rings (SSSR count). The molecule has 0 saturated carbocycles. The van der Waals surface area contributed by atoms with Crippen LogP contribution in [0.5, 0.6) is 0 Å². The molecule has 0 N–H and O–H groups in total. The third-order valence-electron chi connectivity index (χ3n) is 2.97. The zero-order valence-electron chi connectivity index (χ0n) is 9.35. The molecule has 1 heterocycles. The smallest absolute Gasteiger partial charge is 0.152 e. The predicted octanol–water partition coefficient (Wildman–Crippen LogP) is 2.23. The first-order chi connectivity index (χ1) is 8.20. The van der Waals surface area contributed by atoms with Gasteiger partial charge in [0.2, 0.25) is 0 Å². The van der Waals surface area contributed by atoms with Gasteiger partial charge in [-0.05, 0) is 24.3 Å². The Kier molecular flexibility index (Phi) is 4.26. The number of hydrogen-bond donors (Lipinski definition) is 0. The van der Waals surface area contributed by atoms with Gasteiger partial charge in [-0.3, -0.25) is 4.90 Å². The fraction of sp³-hybridized carbons (Fsp3) is 0.417. The molecule has 1 saturated heterocycles. The van der Waals surface area contributed by atoms with Gasteiger partial charge in [0.05, 0.1) is 0 Å². The normalized spacial score (nSPS) is 19.1. The molecule has 17 heavy (non-hydrogen) atoms. The summed E-state index contributed by atoms with van der Waals surface area (Å²) in [6.07, 6.45) is 0.777. The van der Waals surface area contributed by atoms with Crippen LogP contribution in [-0.4, -0.2) is 42.9 Å². The number of aldehydes is 1. The van der Waals surface area contributed by atoms with E-state index in [9.17, 15) is 4.79 Å². The van der Waals surface area contributed by atoms with E-state index in [4.69, 9.17) is 23.2 Å². The lowest BCUT2D eigenvalue weighted by Crippen LogP contribution is -2.49. The van der Waals surface area contributed by atoms with Gasteiger partial charge < -0.3 is 9.69 Å². The second-order valence-corrected chi connectivity index (χ2v) is 4.89. The van der Waals surface area contributed by atoms with Gasteiger partial charge in [-0.1, -0.05) is 23.2 Å². The highest BCUT2D eigenvalue weighted by atomic mass is 35.5. The van der Waals surface area contributed by atoms with Gasteiger partial charge >= 0.3 is 0 Å². The van der Waals surface area contributed by atoms with E-state index in [1.165, 1.54) is 0 Å². The van der Waals surface area contributed by atoms with Crippen LogP contribution in [0.25, 0.3) is 0 Å². The highest BCUT2D eigenvalue weighted by molar-refractivity contribution is 6.30. The Morgan fingerprint density at radius 1 is 1.12 bits per heavy atom. The zero-order chi connectivity index (χ0) is 12.3. The lowest BCUT2D eigenvalue weighted by molar-refractivity contribution is -0.110. The van der Waals surface area contributed by atoms with Crippen molar-refractivity contribution in [3.8, 4) is 0 Å². The Morgan fingerprint density at radius 2 is 1.71 bits per heavy atom. The molecule has 0 radical (unpaired) electrons. The van der Waals surface area contributed by atoms with Crippen molar-refractivity contribution in [2.75, 3.05) is 31.1 Å². The summed E-state index contributed by atoms with van der Waals surface area (Å²) in [5.41, 5.74) is 0.661. The van der Waals surface area contributed by atoms with Crippen molar-refractivity contribution >= 4 is 35.2 Å². The molecule has 0 bridgehead atoms. The SMILES string of the molecule is O=CC(Cl)N1CCN(c2ccc(Cl)cc2)CC1. The summed E-state index contributed by atoms with van der Waals surface area (Å²) in [7, 11) is 0. The molecule has 92 valence electrons. The molecule has 1 fully saturated rings. The first-order valence-electron chi connectivity index (χ1n) is 5.54. The summed E-state index contributed by atoms with van der Waals surface area (Å²) in [5, 5.41) is 0.745. The van der Waals surface area contributed by atoms with E-state index in [-0.39, 0.29) is 0 Å². The zero-order valence-corrected chi connectivity index (χ0v) is 10.9. The maximum Gasteiger partial charge on any atom is 0.152 e. The number of alkyl halides is 1. The summed E-state index contributed by atoms with van der Waals surface area (Å²) < 4.78 is 0. The third-order valence-corrected chi connectivity index (χ3v) is 3.60. The number of carbonyl (C=O) groups is 1. The minimum Gasteiger partial charge on any atom is -0.369 e. The highest BCUT2D eigenvalue weighted by Crippen LogP contribution is 2.20. The number of anilines is 1. The van der Waals surface area contributed by atoms with Crippen molar-refractivity contribution in [3.05, 3.63) is 29.3 Å². The molecule has 0 aromatic heterocycles. The van der Waals surface area contributed by atoms with Crippen molar-refractivity contribution in [1.82, 2.24) is 4.90 Å². The highest BCUT2D eigenvalue weighted by Gasteiger charge is 2.21. The van der Waals surface area contributed by atoms with Gasteiger partial charge in [-0.15, -0.1) is 0 Å². The van der Waals surface area contributed by atoms with Crippen molar-refractivity contribution in [2.24, 2.45) is 0 Å². The topological polar surface area (TPSA) is 23.6 Å². The van der Waals surface area contributed by atoms with E-state index in [2.05, 4.69) is 4.90 Å². The number of benzene rings is 1.